The fraction of sp³-hybridized carbons (Fsp3) is 0.278. The highest BCUT2D eigenvalue weighted by Crippen LogP contribution is 2.25. The lowest BCUT2D eigenvalue weighted by Gasteiger charge is -2.28. The van der Waals surface area contributed by atoms with Crippen LogP contribution >= 0.6 is 11.8 Å². The van der Waals surface area contributed by atoms with Crippen LogP contribution in [0.2, 0.25) is 0 Å². The standard InChI is InChI=1S/C18H19F3N6O5S/c19-8-1-7(2-9(20)15(8)21)11(24)5-27-17(31)13(6-28)32-18(16(30)26-27)33-14(25)3-12(29)10(23)4-22/h1-3,5,13,16-18,23,25-26,28-31H,6,24H2/b11-5-,12-3+,23-10?,25-14?. The van der Waals surface area contributed by atoms with Crippen LogP contribution in [0.4, 0.5) is 13.2 Å². The van der Waals surface area contributed by atoms with E-state index in [-0.39, 0.29) is 11.3 Å². The van der Waals surface area contributed by atoms with Crippen molar-refractivity contribution in [2.75, 3.05) is 6.61 Å². The summed E-state index contributed by atoms with van der Waals surface area (Å²) in [5.74, 6) is -5.51. The van der Waals surface area contributed by atoms with Crippen LogP contribution in [0.15, 0.2) is 30.2 Å². The monoisotopic (exact) mass is 488 g/mol. The number of nitrogens with one attached hydrogen (secondary N) is 3. The van der Waals surface area contributed by atoms with Crippen molar-refractivity contribution in [2.24, 2.45) is 5.73 Å². The molecule has 0 amide bonds. The van der Waals surface area contributed by atoms with E-state index in [0.29, 0.717) is 23.9 Å². The molecule has 15 heteroatoms. The number of hydrogen-bond acceptors (Lipinski definition) is 12. The summed E-state index contributed by atoms with van der Waals surface area (Å²) >= 11 is 0.507. The Morgan fingerprint density at radius 2 is 1.91 bits per heavy atom. The number of nitrogens with two attached hydrogens (primary N) is 1. The molecule has 33 heavy (non-hydrogen) atoms. The van der Waals surface area contributed by atoms with E-state index in [1.54, 1.807) is 0 Å². The van der Waals surface area contributed by atoms with Crippen molar-refractivity contribution >= 4 is 28.2 Å². The van der Waals surface area contributed by atoms with Crippen molar-refractivity contribution in [3.8, 4) is 6.07 Å². The molecular formula is C18H19F3N6O5S. The molecule has 0 aromatic heterocycles. The SMILES string of the molecule is N#CC(=N)/C(O)=C\C(=N)SC1OC(CO)C(O)N(/C=C(\N)c2cc(F)c(F)c(F)c2)NC1O. The molecule has 1 saturated heterocycles. The van der Waals surface area contributed by atoms with E-state index < -0.39 is 64.6 Å². The lowest BCUT2D eigenvalue weighted by molar-refractivity contribution is -0.107. The minimum atomic E-state index is -1.70. The van der Waals surface area contributed by atoms with E-state index in [1.807, 2.05) is 0 Å². The van der Waals surface area contributed by atoms with Crippen LogP contribution in [0.25, 0.3) is 5.70 Å². The smallest absolute Gasteiger partial charge is 0.194 e. The predicted molar refractivity (Wildman–Crippen MR) is 111 cm³/mol. The van der Waals surface area contributed by atoms with Crippen molar-refractivity contribution < 1.29 is 38.3 Å². The maximum Gasteiger partial charge on any atom is 0.194 e. The Kier molecular flexibility index (Phi) is 8.82. The summed E-state index contributed by atoms with van der Waals surface area (Å²) in [7, 11) is 0. The largest absolute Gasteiger partial charge is 0.505 e. The van der Waals surface area contributed by atoms with Crippen LogP contribution in [0.3, 0.4) is 0 Å². The molecule has 1 aromatic carbocycles. The number of nitrogens with zero attached hydrogens (tertiary/aromatic N) is 2. The third kappa shape index (κ3) is 6.44. The van der Waals surface area contributed by atoms with Gasteiger partial charge in [-0.2, -0.15) is 5.26 Å². The molecule has 0 saturated carbocycles. The number of nitriles is 1. The van der Waals surface area contributed by atoms with Gasteiger partial charge in [0.25, 0.3) is 0 Å². The van der Waals surface area contributed by atoms with Gasteiger partial charge in [0, 0.05) is 17.8 Å². The number of aliphatic hydroxyl groups is 4. The number of ether oxygens (including phenoxy) is 1. The van der Waals surface area contributed by atoms with Gasteiger partial charge in [-0.3, -0.25) is 15.8 Å². The second-order valence-electron chi connectivity index (χ2n) is 6.46. The number of allylic oxidation sites excluding steroid dienone is 1. The molecule has 1 fully saturated rings. The Hall–Kier alpha value is -3.13. The molecule has 11 nitrogen and oxygen atoms in total. The first-order valence-electron chi connectivity index (χ1n) is 8.92. The van der Waals surface area contributed by atoms with Crippen LogP contribution in [-0.2, 0) is 4.74 Å². The van der Waals surface area contributed by atoms with Gasteiger partial charge in [0.2, 0.25) is 0 Å². The van der Waals surface area contributed by atoms with Crippen LogP contribution in [0.5, 0.6) is 0 Å². The zero-order valence-electron chi connectivity index (χ0n) is 16.5. The third-order valence-electron chi connectivity index (χ3n) is 4.12. The van der Waals surface area contributed by atoms with Crippen LogP contribution < -0.4 is 11.2 Å². The Bertz CT molecular complexity index is 1010. The number of thioether (sulfide) groups is 1. The minimum Gasteiger partial charge on any atom is -0.505 e. The highest BCUT2D eigenvalue weighted by Gasteiger charge is 2.37. The minimum absolute atomic E-state index is 0.283. The molecule has 0 bridgehead atoms. The Labute approximate surface area is 189 Å². The van der Waals surface area contributed by atoms with Gasteiger partial charge < -0.3 is 30.9 Å². The van der Waals surface area contributed by atoms with E-state index in [2.05, 4.69) is 5.43 Å². The van der Waals surface area contributed by atoms with Crippen molar-refractivity contribution in [1.82, 2.24) is 10.4 Å². The fourth-order valence-corrected chi connectivity index (χ4v) is 3.31. The summed E-state index contributed by atoms with van der Waals surface area (Å²) in [4.78, 5) is 0. The molecule has 1 aromatic rings. The molecule has 4 atom stereocenters. The van der Waals surface area contributed by atoms with E-state index in [4.69, 9.17) is 26.6 Å². The average Bonchev–Trinajstić information content (AvgIpc) is 2.87. The number of rotatable bonds is 6. The molecule has 9 N–H and O–H groups in total. The van der Waals surface area contributed by atoms with Gasteiger partial charge in [-0.1, -0.05) is 11.8 Å². The van der Waals surface area contributed by atoms with Crippen molar-refractivity contribution in [2.45, 2.75) is 24.0 Å². The second-order valence-corrected chi connectivity index (χ2v) is 7.60. The summed E-state index contributed by atoms with van der Waals surface area (Å²) in [5, 5.41) is 63.9. The molecule has 2 rings (SSSR count). The molecule has 4 unspecified atom stereocenters. The van der Waals surface area contributed by atoms with Gasteiger partial charge in [0.05, 0.1) is 17.3 Å². The topological polar surface area (TPSA) is 203 Å². The van der Waals surface area contributed by atoms with E-state index >= 15 is 0 Å². The number of aliphatic hydroxyl groups excluding tert-OH is 4. The molecule has 0 radical (unpaired) electrons. The van der Waals surface area contributed by atoms with E-state index in [0.717, 1.165) is 17.3 Å². The highest BCUT2D eigenvalue weighted by atomic mass is 32.2. The van der Waals surface area contributed by atoms with Gasteiger partial charge in [-0.15, -0.1) is 0 Å². The maximum absolute atomic E-state index is 13.5. The maximum atomic E-state index is 13.5. The Morgan fingerprint density at radius 3 is 2.45 bits per heavy atom. The lowest BCUT2D eigenvalue weighted by Crippen LogP contribution is -2.50. The van der Waals surface area contributed by atoms with E-state index in [1.165, 1.54) is 6.07 Å². The molecule has 1 aliphatic rings. The first kappa shape index (κ1) is 26.1. The van der Waals surface area contributed by atoms with E-state index in [9.17, 15) is 33.6 Å². The number of hydrogen-bond donors (Lipinski definition) is 8. The fourth-order valence-electron chi connectivity index (χ4n) is 2.49. The molecule has 1 heterocycles. The first-order chi connectivity index (χ1) is 15.5. The summed E-state index contributed by atoms with van der Waals surface area (Å²) in [6.07, 6.45) is -3.08. The molecule has 178 valence electrons. The van der Waals surface area contributed by atoms with Crippen LogP contribution in [-0.4, -0.2) is 66.8 Å². The quantitative estimate of drug-likeness (QED) is 0.118. The summed E-state index contributed by atoms with van der Waals surface area (Å²) in [6, 6.07) is 2.60. The van der Waals surface area contributed by atoms with Crippen molar-refractivity contribution in [3.63, 3.8) is 0 Å². The van der Waals surface area contributed by atoms with Gasteiger partial charge >= 0.3 is 0 Å². The average molecular weight is 488 g/mol. The van der Waals surface area contributed by atoms with Gasteiger partial charge in [-0.05, 0) is 12.1 Å². The normalized spacial score (nSPS) is 24.2. The number of hydrazine groups is 1. The van der Waals surface area contributed by atoms with Gasteiger partial charge in [0.15, 0.2) is 46.8 Å². The second kappa shape index (κ2) is 11.1. The summed E-state index contributed by atoms with van der Waals surface area (Å²) < 4.78 is 45.5. The first-order valence-corrected chi connectivity index (χ1v) is 9.80. The van der Waals surface area contributed by atoms with Gasteiger partial charge in [0.1, 0.15) is 12.2 Å². The Morgan fingerprint density at radius 1 is 1.30 bits per heavy atom. The molecular weight excluding hydrogens is 469 g/mol. The number of halogens is 3. The Balaban J connectivity index is 2.27. The van der Waals surface area contributed by atoms with Crippen LogP contribution in [0.1, 0.15) is 5.56 Å². The summed E-state index contributed by atoms with van der Waals surface area (Å²) in [6.45, 7) is -0.774. The molecule has 1 aliphatic heterocycles. The molecule has 0 aliphatic carbocycles. The van der Waals surface area contributed by atoms with Crippen molar-refractivity contribution in [3.05, 3.63) is 53.2 Å². The summed E-state index contributed by atoms with van der Waals surface area (Å²) in [5.41, 5.74) is 5.35. The highest BCUT2D eigenvalue weighted by molar-refractivity contribution is 8.14. The molecule has 0 spiro atoms. The van der Waals surface area contributed by atoms with Gasteiger partial charge in [-0.25, -0.2) is 18.6 Å². The zero-order chi connectivity index (χ0) is 24.9. The zero-order valence-corrected chi connectivity index (χ0v) is 17.4. The number of benzene rings is 1. The predicted octanol–water partition coefficient (Wildman–Crippen LogP) is 0.217. The van der Waals surface area contributed by atoms with Crippen molar-refractivity contribution in [1.29, 1.82) is 16.1 Å². The third-order valence-corrected chi connectivity index (χ3v) is 5.09. The van der Waals surface area contributed by atoms with Crippen LogP contribution in [0, 0.1) is 39.6 Å². The lowest BCUT2D eigenvalue weighted by atomic mass is 10.1.